The fourth-order valence-corrected chi connectivity index (χ4v) is 3.20. The van der Waals surface area contributed by atoms with Gasteiger partial charge in [-0.1, -0.05) is 0 Å². The largest absolute Gasteiger partial charge is 0.348 e. The molecule has 7 nitrogen and oxygen atoms in total. The Morgan fingerprint density at radius 1 is 1.30 bits per heavy atom. The molecule has 0 saturated heterocycles. The van der Waals surface area contributed by atoms with Gasteiger partial charge in [-0.3, -0.25) is 0 Å². The summed E-state index contributed by atoms with van der Waals surface area (Å²) in [7, 11) is 0. The zero-order valence-electron chi connectivity index (χ0n) is 14.6. The Hall–Kier alpha value is -3.10. The zero-order valence-corrected chi connectivity index (χ0v) is 14.6. The van der Waals surface area contributed by atoms with E-state index in [0.29, 0.717) is 18.5 Å². The number of nitrogens with zero attached hydrogens (tertiary/aromatic N) is 5. The van der Waals surface area contributed by atoms with Gasteiger partial charge in [0.1, 0.15) is 5.65 Å². The van der Waals surface area contributed by atoms with E-state index in [-0.39, 0.29) is 5.95 Å². The Morgan fingerprint density at radius 2 is 2.15 bits per heavy atom. The van der Waals surface area contributed by atoms with Gasteiger partial charge in [0, 0.05) is 29.3 Å². The summed E-state index contributed by atoms with van der Waals surface area (Å²) in [5.41, 5.74) is 3.82. The molecule has 0 spiro atoms. The van der Waals surface area contributed by atoms with Crippen LogP contribution in [0.5, 0.6) is 0 Å². The lowest BCUT2D eigenvalue weighted by Crippen LogP contribution is -2.29. The van der Waals surface area contributed by atoms with E-state index < -0.39 is 18.4 Å². The molecule has 0 bridgehead atoms. The van der Waals surface area contributed by atoms with Gasteiger partial charge in [0.25, 0.3) is 5.92 Å². The standard InChI is InChI=1S/C18H17F2N7/c1-10-8-27-15(24-10)5-4-14(26-27)12-6-21-16-13(12)7-22-17(25-16)23-9-18(19,20)11-2-3-11/h4-8,11H,2-3,9H2,1H3,(H2,21,22,23,25). The molecule has 4 heterocycles. The van der Waals surface area contributed by atoms with Crippen LogP contribution in [0.3, 0.4) is 0 Å². The minimum atomic E-state index is -2.72. The molecule has 1 saturated carbocycles. The van der Waals surface area contributed by atoms with E-state index in [1.807, 2.05) is 25.3 Å². The predicted molar refractivity (Wildman–Crippen MR) is 96.8 cm³/mol. The summed E-state index contributed by atoms with van der Waals surface area (Å²) in [6.07, 6.45) is 6.44. The molecule has 0 atom stereocenters. The molecular formula is C18H17F2N7. The predicted octanol–water partition coefficient (Wildman–Crippen LogP) is 3.43. The second-order valence-electron chi connectivity index (χ2n) is 6.95. The van der Waals surface area contributed by atoms with Crippen molar-refractivity contribution in [2.45, 2.75) is 25.7 Å². The number of fused-ring (bicyclic) bond motifs is 2. The van der Waals surface area contributed by atoms with Gasteiger partial charge in [0.2, 0.25) is 5.95 Å². The molecule has 0 unspecified atom stereocenters. The fourth-order valence-electron chi connectivity index (χ4n) is 3.20. The lowest BCUT2D eigenvalue weighted by Gasteiger charge is -2.15. The van der Waals surface area contributed by atoms with Crippen LogP contribution in [-0.2, 0) is 0 Å². The van der Waals surface area contributed by atoms with Crippen molar-refractivity contribution in [3.63, 3.8) is 0 Å². The topological polar surface area (TPSA) is 83.8 Å². The van der Waals surface area contributed by atoms with Crippen LogP contribution in [0.1, 0.15) is 18.5 Å². The summed E-state index contributed by atoms with van der Waals surface area (Å²) >= 11 is 0. The highest BCUT2D eigenvalue weighted by Gasteiger charge is 2.46. The van der Waals surface area contributed by atoms with Crippen molar-refractivity contribution in [1.82, 2.24) is 29.5 Å². The second kappa shape index (κ2) is 5.70. The smallest absolute Gasteiger partial charge is 0.267 e. The molecule has 1 fully saturated rings. The molecule has 0 radical (unpaired) electrons. The first-order valence-electron chi connectivity index (χ1n) is 8.79. The van der Waals surface area contributed by atoms with Crippen LogP contribution in [0.15, 0.2) is 30.7 Å². The molecule has 1 aliphatic carbocycles. The maximum absolute atomic E-state index is 13.8. The quantitative estimate of drug-likeness (QED) is 0.563. The number of alkyl halides is 2. The van der Waals surface area contributed by atoms with Crippen LogP contribution in [0, 0.1) is 12.8 Å². The zero-order chi connectivity index (χ0) is 18.6. The van der Waals surface area contributed by atoms with E-state index in [9.17, 15) is 8.78 Å². The average Bonchev–Trinajstić information content (AvgIpc) is 3.33. The summed E-state index contributed by atoms with van der Waals surface area (Å²) in [5.74, 6) is -3.05. The van der Waals surface area contributed by atoms with E-state index in [0.717, 1.165) is 28.0 Å². The van der Waals surface area contributed by atoms with Gasteiger partial charge < -0.3 is 10.3 Å². The van der Waals surface area contributed by atoms with Crippen LogP contribution >= 0.6 is 0 Å². The lowest BCUT2D eigenvalue weighted by molar-refractivity contribution is -0.00831. The third-order valence-corrected chi connectivity index (χ3v) is 4.81. The molecule has 1 aliphatic rings. The number of aromatic amines is 1. The number of imidazole rings is 1. The first kappa shape index (κ1) is 16.1. The van der Waals surface area contributed by atoms with Gasteiger partial charge in [-0.25, -0.2) is 23.3 Å². The summed E-state index contributed by atoms with van der Waals surface area (Å²) in [6.45, 7) is 1.46. The third-order valence-electron chi connectivity index (χ3n) is 4.81. The van der Waals surface area contributed by atoms with Gasteiger partial charge >= 0.3 is 0 Å². The fraction of sp³-hybridized carbons (Fsp3) is 0.333. The van der Waals surface area contributed by atoms with Crippen LogP contribution in [0.2, 0.25) is 0 Å². The van der Waals surface area contributed by atoms with Crippen LogP contribution < -0.4 is 5.32 Å². The minimum Gasteiger partial charge on any atom is -0.348 e. The molecule has 4 aromatic rings. The number of hydrogen-bond donors (Lipinski definition) is 2. The van der Waals surface area contributed by atoms with Gasteiger partial charge in [0.15, 0.2) is 5.65 Å². The molecule has 0 aromatic carbocycles. The number of hydrogen-bond acceptors (Lipinski definition) is 5. The minimum absolute atomic E-state index is 0.185. The van der Waals surface area contributed by atoms with Crippen molar-refractivity contribution in [3.05, 3.63) is 36.4 Å². The van der Waals surface area contributed by atoms with Crippen LogP contribution in [0.4, 0.5) is 14.7 Å². The maximum atomic E-state index is 13.8. The van der Waals surface area contributed by atoms with Gasteiger partial charge in [0.05, 0.1) is 24.1 Å². The Morgan fingerprint density at radius 3 is 2.96 bits per heavy atom. The number of aromatic nitrogens is 6. The molecule has 0 amide bonds. The monoisotopic (exact) mass is 369 g/mol. The average molecular weight is 369 g/mol. The van der Waals surface area contributed by atoms with Crippen molar-refractivity contribution >= 4 is 22.6 Å². The maximum Gasteiger partial charge on any atom is 0.267 e. The molecule has 2 N–H and O–H groups in total. The van der Waals surface area contributed by atoms with Gasteiger partial charge in [-0.15, -0.1) is 0 Å². The van der Waals surface area contributed by atoms with E-state index in [2.05, 4.69) is 30.4 Å². The van der Waals surface area contributed by atoms with Crippen molar-refractivity contribution in [2.24, 2.45) is 5.92 Å². The molecular weight excluding hydrogens is 352 g/mol. The number of rotatable bonds is 5. The van der Waals surface area contributed by atoms with Crippen molar-refractivity contribution in [3.8, 4) is 11.3 Å². The molecule has 4 aromatic heterocycles. The number of halogens is 2. The Bertz CT molecular complexity index is 1140. The van der Waals surface area contributed by atoms with Crippen molar-refractivity contribution < 1.29 is 8.78 Å². The summed E-state index contributed by atoms with van der Waals surface area (Å²) in [5, 5.41) is 8.00. The Balaban J connectivity index is 1.44. The van der Waals surface area contributed by atoms with Gasteiger partial charge in [-0.2, -0.15) is 10.1 Å². The molecule has 5 rings (SSSR count). The number of H-pyrrole nitrogens is 1. The SMILES string of the molecule is Cc1cn2nc(-c3c[nH]c4nc(NCC(F)(F)C5CC5)ncc34)ccc2n1. The number of aryl methyl sites for hydroxylation is 1. The first-order chi connectivity index (χ1) is 13.0. The summed E-state index contributed by atoms with van der Waals surface area (Å²) in [4.78, 5) is 15.9. The third kappa shape index (κ3) is 2.88. The van der Waals surface area contributed by atoms with Crippen molar-refractivity contribution in [2.75, 3.05) is 11.9 Å². The van der Waals surface area contributed by atoms with Crippen molar-refractivity contribution in [1.29, 1.82) is 0 Å². The molecule has 27 heavy (non-hydrogen) atoms. The molecule has 0 aliphatic heterocycles. The summed E-state index contributed by atoms with van der Waals surface area (Å²) < 4.78 is 29.4. The lowest BCUT2D eigenvalue weighted by atomic mass is 10.2. The molecule has 138 valence electrons. The van der Waals surface area contributed by atoms with E-state index >= 15 is 0 Å². The van der Waals surface area contributed by atoms with E-state index in [1.54, 1.807) is 16.9 Å². The first-order valence-corrected chi connectivity index (χ1v) is 8.79. The number of anilines is 1. The van der Waals surface area contributed by atoms with E-state index in [4.69, 9.17) is 0 Å². The Kier molecular flexibility index (Phi) is 3.40. The van der Waals surface area contributed by atoms with Crippen LogP contribution in [-0.4, -0.2) is 42.0 Å². The van der Waals surface area contributed by atoms with Crippen LogP contribution in [0.25, 0.3) is 27.9 Å². The highest BCUT2D eigenvalue weighted by molar-refractivity contribution is 5.92. The highest BCUT2D eigenvalue weighted by atomic mass is 19.3. The highest BCUT2D eigenvalue weighted by Crippen LogP contribution is 2.43. The molecule has 9 heteroatoms. The summed E-state index contributed by atoms with van der Waals surface area (Å²) in [6, 6.07) is 3.78. The van der Waals surface area contributed by atoms with E-state index in [1.165, 1.54) is 0 Å². The Labute approximate surface area is 152 Å². The second-order valence-corrected chi connectivity index (χ2v) is 6.95. The normalized spacial score (nSPS) is 14.9. The number of nitrogens with one attached hydrogen (secondary N) is 2. The van der Waals surface area contributed by atoms with Gasteiger partial charge in [-0.05, 0) is 31.9 Å².